The Morgan fingerprint density at radius 1 is 0.515 bits per heavy atom. The van der Waals surface area contributed by atoms with Crippen molar-refractivity contribution in [2.24, 2.45) is 0 Å². The van der Waals surface area contributed by atoms with Crippen molar-refractivity contribution < 1.29 is 32.9 Å². The summed E-state index contributed by atoms with van der Waals surface area (Å²) in [6.45, 7) is 4.61. The van der Waals surface area contributed by atoms with E-state index in [0.29, 0.717) is 17.4 Å². The van der Waals surface area contributed by atoms with Crippen LogP contribution in [0.25, 0.3) is 0 Å². The Hall–Kier alpha value is -1.54. The number of likely N-dealkylation sites (N-methyl/N-ethyl adjacent to an activating group) is 1. The molecule has 2 N–H and O–H groups in total. The van der Waals surface area contributed by atoms with Crippen LogP contribution in [0.4, 0.5) is 0 Å². The van der Waals surface area contributed by atoms with Crippen LogP contribution in [0, 0.1) is 0 Å². The third kappa shape index (κ3) is 50.3. The summed E-state index contributed by atoms with van der Waals surface area (Å²) in [6, 6.07) is -0.909. The molecule has 3 unspecified atom stereocenters. The van der Waals surface area contributed by atoms with E-state index in [1.54, 1.807) is 6.08 Å². The lowest BCUT2D eigenvalue weighted by Gasteiger charge is -2.29. The zero-order chi connectivity index (χ0) is 48.5. The Bertz CT molecular complexity index is 1210. The molecule has 0 aliphatic rings. The van der Waals surface area contributed by atoms with Crippen molar-refractivity contribution in [3.63, 3.8) is 0 Å². The highest BCUT2D eigenvalue weighted by Crippen LogP contribution is 2.38. The van der Waals surface area contributed by atoms with Crippen molar-refractivity contribution in [1.29, 1.82) is 0 Å². The summed E-state index contributed by atoms with van der Waals surface area (Å²) in [6.07, 6.45) is 63.4. The molecule has 0 aromatic rings. The SMILES string of the molecule is CCCCCC/C=C/CC/C=C/CC/C=C/C(O)C(COP(=O)([O-])OCC[N+](C)(C)C)NC(=O)CCCCCCCCCCCCCCCC/C=C\CCCCCCCCCCCCCC. The fourth-order valence-corrected chi connectivity index (χ4v) is 8.79. The normalized spacial score (nSPS) is 14.3. The summed E-state index contributed by atoms with van der Waals surface area (Å²) < 4.78 is 23.3. The fraction of sp³-hybridized carbons (Fsp3) is 0.842. The van der Waals surface area contributed by atoms with Gasteiger partial charge in [-0.25, -0.2) is 0 Å². The summed E-state index contributed by atoms with van der Waals surface area (Å²) in [4.78, 5) is 25.4. The zero-order valence-electron chi connectivity index (χ0n) is 44.1. The molecule has 0 heterocycles. The summed E-state index contributed by atoms with van der Waals surface area (Å²) in [5.41, 5.74) is 0. The van der Waals surface area contributed by atoms with Gasteiger partial charge in [0.05, 0.1) is 39.9 Å². The second-order valence-electron chi connectivity index (χ2n) is 20.3. The van der Waals surface area contributed by atoms with E-state index >= 15 is 0 Å². The van der Waals surface area contributed by atoms with Gasteiger partial charge in [0.25, 0.3) is 7.82 Å². The highest BCUT2D eigenvalue weighted by atomic mass is 31.2. The monoisotopic (exact) mass is 949 g/mol. The lowest BCUT2D eigenvalue weighted by atomic mass is 10.0. The molecule has 0 fully saturated rings. The molecule has 8 nitrogen and oxygen atoms in total. The highest BCUT2D eigenvalue weighted by Gasteiger charge is 2.23. The molecule has 3 atom stereocenters. The van der Waals surface area contributed by atoms with Gasteiger partial charge in [-0.3, -0.25) is 9.36 Å². The molecule has 0 aromatic heterocycles. The minimum absolute atomic E-state index is 0.00918. The number of hydrogen-bond donors (Lipinski definition) is 2. The molecule has 0 saturated heterocycles. The fourth-order valence-electron chi connectivity index (χ4n) is 8.06. The minimum Gasteiger partial charge on any atom is -0.756 e. The number of rotatable bonds is 51. The second kappa shape index (κ2) is 48.5. The van der Waals surface area contributed by atoms with E-state index in [9.17, 15) is 19.4 Å². The highest BCUT2D eigenvalue weighted by molar-refractivity contribution is 7.45. The van der Waals surface area contributed by atoms with Gasteiger partial charge in [0.15, 0.2) is 0 Å². The maximum absolute atomic E-state index is 12.9. The smallest absolute Gasteiger partial charge is 0.268 e. The molecule has 0 rings (SSSR count). The molecule has 0 bridgehead atoms. The number of amides is 1. The van der Waals surface area contributed by atoms with E-state index < -0.39 is 26.6 Å². The van der Waals surface area contributed by atoms with E-state index in [0.717, 1.165) is 51.4 Å². The first-order chi connectivity index (χ1) is 32.0. The van der Waals surface area contributed by atoms with Crippen molar-refractivity contribution >= 4 is 13.7 Å². The number of hydrogen-bond acceptors (Lipinski definition) is 6. The molecule has 9 heteroatoms. The summed E-state index contributed by atoms with van der Waals surface area (Å²) in [5.74, 6) is -0.210. The first-order valence-electron chi connectivity index (χ1n) is 28.0. The predicted octanol–water partition coefficient (Wildman–Crippen LogP) is 16.1. The molecular weight excluding hydrogens is 840 g/mol. The van der Waals surface area contributed by atoms with Crippen molar-refractivity contribution in [3.05, 3.63) is 48.6 Å². The number of aliphatic hydroxyl groups excluding tert-OH is 1. The number of unbranched alkanes of at least 4 members (excludes halogenated alkanes) is 32. The Kier molecular flexibility index (Phi) is 47.4. The van der Waals surface area contributed by atoms with Gasteiger partial charge in [-0.15, -0.1) is 0 Å². The quantitative estimate of drug-likeness (QED) is 0.0272. The lowest BCUT2D eigenvalue weighted by molar-refractivity contribution is -0.870. The van der Waals surface area contributed by atoms with Gasteiger partial charge in [0.1, 0.15) is 13.2 Å². The van der Waals surface area contributed by atoms with E-state index in [1.165, 1.54) is 186 Å². The Morgan fingerprint density at radius 3 is 1.24 bits per heavy atom. The van der Waals surface area contributed by atoms with Gasteiger partial charge in [-0.05, 0) is 70.6 Å². The summed E-state index contributed by atoms with van der Waals surface area (Å²) in [7, 11) is 1.24. The van der Waals surface area contributed by atoms with Crippen LogP contribution < -0.4 is 10.2 Å². The number of nitrogens with zero attached hydrogens (tertiary/aromatic N) is 1. The lowest BCUT2D eigenvalue weighted by Crippen LogP contribution is -2.45. The van der Waals surface area contributed by atoms with Crippen LogP contribution in [0.1, 0.15) is 258 Å². The zero-order valence-corrected chi connectivity index (χ0v) is 45.0. The first kappa shape index (κ1) is 64.5. The van der Waals surface area contributed by atoms with Crippen LogP contribution in [0.5, 0.6) is 0 Å². The predicted molar refractivity (Wildman–Crippen MR) is 284 cm³/mol. The number of nitrogens with one attached hydrogen (secondary N) is 1. The van der Waals surface area contributed by atoms with Gasteiger partial charge in [0, 0.05) is 6.42 Å². The van der Waals surface area contributed by atoms with Crippen LogP contribution in [-0.2, 0) is 18.4 Å². The van der Waals surface area contributed by atoms with Gasteiger partial charge >= 0.3 is 0 Å². The van der Waals surface area contributed by atoms with Crippen LogP contribution >= 0.6 is 7.82 Å². The van der Waals surface area contributed by atoms with E-state index in [4.69, 9.17) is 9.05 Å². The maximum atomic E-state index is 12.9. The van der Waals surface area contributed by atoms with Gasteiger partial charge in [0.2, 0.25) is 5.91 Å². The standard InChI is InChI=1S/C57H109N2O6P/c1-6-8-10-12-14-16-18-20-22-23-24-25-26-27-28-29-30-31-32-33-34-35-36-37-39-41-43-45-47-49-51-57(61)58-55(54-65-66(62,63)64-53-52-59(3,4)5)56(60)50-48-46-44-42-40-38-21-19-17-15-13-11-9-7-2/h17,19,27-28,40,42,48,50,55-56,60H,6-16,18,20-26,29-39,41,43-47,49,51-54H2,1-5H3,(H-,58,61,62,63)/b19-17+,28-27-,42-40+,50-48+. The number of allylic oxidation sites excluding steroid dienone is 7. The minimum atomic E-state index is -4.60. The van der Waals surface area contributed by atoms with Gasteiger partial charge in [-0.1, -0.05) is 229 Å². The Balaban J connectivity index is 4.11. The molecule has 0 radical (unpaired) electrons. The average molecular weight is 949 g/mol. The molecule has 388 valence electrons. The Morgan fingerprint density at radius 2 is 0.848 bits per heavy atom. The van der Waals surface area contributed by atoms with E-state index in [-0.39, 0.29) is 12.5 Å². The van der Waals surface area contributed by atoms with Crippen molar-refractivity contribution in [1.82, 2.24) is 5.32 Å². The number of phosphoric ester groups is 1. The molecule has 0 aliphatic carbocycles. The average Bonchev–Trinajstić information content (AvgIpc) is 3.28. The topological polar surface area (TPSA) is 108 Å². The molecule has 0 aromatic carbocycles. The molecule has 66 heavy (non-hydrogen) atoms. The number of phosphoric acid groups is 1. The van der Waals surface area contributed by atoms with Crippen molar-refractivity contribution in [3.8, 4) is 0 Å². The second-order valence-corrected chi connectivity index (χ2v) is 21.7. The molecule has 0 aliphatic heterocycles. The third-order valence-corrected chi connectivity index (χ3v) is 13.5. The number of carbonyl (C=O) groups excluding carboxylic acids is 1. The van der Waals surface area contributed by atoms with Crippen LogP contribution in [0.15, 0.2) is 48.6 Å². The van der Waals surface area contributed by atoms with Gasteiger partial charge in [-0.2, -0.15) is 0 Å². The molecule has 1 amide bonds. The number of carbonyl (C=O) groups is 1. The number of aliphatic hydroxyl groups is 1. The van der Waals surface area contributed by atoms with Gasteiger partial charge < -0.3 is 28.8 Å². The maximum Gasteiger partial charge on any atom is 0.268 e. The Labute approximate surface area is 409 Å². The molecule has 0 spiro atoms. The third-order valence-electron chi connectivity index (χ3n) is 12.5. The van der Waals surface area contributed by atoms with Crippen molar-refractivity contribution in [2.75, 3.05) is 40.9 Å². The van der Waals surface area contributed by atoms with Crippen molar-refractivity contribution in [2.45, 2.75) is 270 Å². The van der Waals surface area contributed by atoms with Crippen LogP contribution in [0.2, 0.25) is 0 Å². The van der Waals surface area contributed by atoms with E-state index in [2.05, 4.69) is 55.6 Å². The number of quaternary nitrogens is 1. The summed E-state index contributed by atoms with van der Waals surface area (Å²) >= 11 is 0. The van der Waals surface area contributed by atoms with E-state index in [1.807, 2.05) is 27.2 Å². The molecular formula is C57H109N2O6P. The first-order valence-corrected chi connectivity index (χ1v) is 29.5. The van der Waals surface area contributed by atoms with Crippen LogP contribution in [-0.4, -0.2) is 68.5 Å². The van der Waals surface area contributed by atoms with Crippen LogP contribution in [0.3, 0.4) is 0 Å². The molecule has 0 saturated carbocycles. The summed E-state index contributed by atoms with van der Waals surface area (Å²) in [5, 5.41) is 13.8. The largest absolute Gasteiger partial charge is 0.756 e.